The lowest BCUT2D eigenvalue weighted by Gasteiger charge is -2.19. The number of ether oxygens (including phenoxy) is 1. The van der Waals surface area contributed by atoms with Gasteiger partial charge in [-0.2, -0.15) is 8.78 Å². The molecule has 4 rings (SSSR count). The third-order valence-electron chi connectivity index (χ3n) is 6.18. The summed E-state index contributed by atoms with van der Waals surface area (Å²) in [6, 6.07) is 10.9. The van der Waals surface area contributed by atoms with Crippen molar-refractivity contribution in [3.63, 3.8) is 0 Å². The van der Waals surface area contributed by atoms with E-state index in [1.165, 1.54) is 11.6 Å². The lowest BCUT2D eigenvalue weighted by Crippen LogP contribution is -2.23. The van der Waals surface area contributed by atoms with E-state index in [-0.39, 0.29) is 24.1 Å². The summed E-state index contributed by atoms with van der Waals surface area (Å²) >= 11 is 0. The van der Waals surface area contributed by atoms with Crippen molar-refractivity contribution in [3.8, 4) is 17.6 Å². The number of hydrogen-bond donors (Lipinski definition) is 0. The van der Waals surface area contributed by atoms with Crippen molar-refractivity contribution in [2.75, 3.05) is 0 Å². The van der Waals surface area contributed by atoms with Gasteiger partial charge in [-0.3, -0.25) is 0 Å². The Hall–Kier alpha value is -3.99. The van der Waals surface area contributed by atoms with Gasteiger partial charge in [0.25, 0.3) is 0 Å². The Bertz CT molecular complexity index is 1450. The second kappa shape index (κ2) is 11.8. The van der Waals surface area contributed by atoms with Gasteiger partial charge in [0, 0.05) is 17.7 Å². The van der Waals surface area contributed by atoms with Gasteiger partial charge in [0.1, 0.15) is 23.0 Å². The minimum Gasteiger partial charge on any atom is -0.429 e. The fraction of sp³-hybridized carbons (Fsp3) is 0.226. The summed E-state index contributed by atoms with van der Waals surface area (Å²) in [6.07, 6.45) is 2.37. The van der Waals surface area contributed by atoms with E-state index in [2.05, 4.69) is 23.5 Å². The summed E-state index contributed by atoms with van der Waals surface area (Å²) in [4.78, 5) is 0. The molecule has 0 spiro atoms. The van der Waals surface area contributed by atoms with Crippen molar-refractivity contribution in [1.82, 2.24) is 0 Å². The van der Waals surface area contributed by atoms with Crippen molar-refractivity contribution < 1.29 is 35.5 Å². The van der Waals surface area contributed by atoms with Crippen LogP contribution in [0.15, 0.2) is 72.6 Å². The molecule has 0 radical (unpaired) electrons. The predicted molar refractivity (Wildman–Crippen MR) is 134 cm³/mol. The molecule has 1 aliphatic rings. The third kappa shape index (κ3) is 6.72. The zero-order valence-electron chi connectivity index (χ0n) is 20.8. The van der Waals surface area contributed by atoms with E-state index in [4.69, 9.17) is 0 Å². The minimum atomic E-state index is -4.33. The fourth-order valence-electron chi connectivity index (χ4n) is 4.03. The maximum atomic E-state index is 14.8. The second-order valence-corrected chi connectivity index (χ2v) is 9.06. The monoisotopic (exact) mass is 544 g/mol. The molecule has 0 aromatic heterocycles. The second-order valence-electron chi connectivity index (χ2n) is 9.06. The van der Waals surface area contributed by atoms with E-state index in [9.17, 15) is 30.7 Å². The van der Waals surface area contributed by atoms with Crippen molar-refractivity contribution in [2.24, 2.45) is 5.92 Å². The standard InChI is InChI=1S/C31H23F7O/c1-2-3-4-19-5-9-21(10-6-19)23-13-12-22(26(32)16-23)11-7-20-8-14-25(27(33)15-20)31(37,38)39-24-17-28(34)30(36)29(35)18-24/h5-6,8-10,13-18,22H,2-4,12H2,1H3. The average molecular weight is 545 g/mol. The molecule has 0 N–H and O–H groups in total. The first-order valence-corrected chi connectivity index (χ1v) is 12.3. The first-order chi connectivity index (χ1) is 18.6. The number of alkyl halides is 2. The molecule has 0 fully saturated rings. The maximum Gasteiger partial charge on any atom is 0.429 e. The zero-order chi connectivity index (χ0) is 28.2. The topological polar surface area (TPSA) is 9.23 Å². The van der Waals surface area contributed by atoms with Gasteiger partial charge >= 0.3 is 6.11 Å². The molecule has 3 aromatic rings. The molecule has 39 heavy (non-hydrogen) atoms. The van der Waals surface area contributed by atoms with E-state index in [1.807, 2.05) is 30.3 Å². The fourth-order valence-corrected chi connectivity index (χ4v) is 4.03. The van der Waals surface area contributed by atoms with Gasteiger partial charge in [-0.25, -0.2) is 22.0 Å². The highest BCUT2D eigenvalue weighted by molar-refractivity contribution is 5.76. The zero-order valence-corrected chi connectivity index (χ0v) is 20.8. The number of allylic oxidation sites excluding steroid dienone is 4. The summed E-state index contributed by atoms with van der Waals surface area (Å²) in [5, 5.41) is 0. The first kappa shape index (κ1) is 28.0. The molecule has 0 aliphatic heterocycles. The van der Waals surface area contributed by atoms with E-state index >= 15 is 0 Å². The van der Waals surface area contributed by atoms with Gasteiger partial charge in [0.15, 0.2) is 17.5 Å². The molecular formula is C31H23F7O. The Balaban J connectivity index is 1.44. The Morgan fingerprint density at radius 1 is 0.897 bits per heavy atom. The largest absolute Gasteiger partial charge is 0.429 e. The Labute approximate surface area is 221 Å². The molecule has 0 bridgehead atoms. The number of benzene rings is 3. The molecule has 1 atom stereocenters. The molecule has 1 unspecified atom stereocenters. The first-order valence-electron chi connectivity index (χ1n) is 12.3. The van der Waals surface area contributed by atoms with Gasteiger partial charge in [0.05, 0.1) is 5.92 Å². The van der Waals surface area contributed by atoms with Gasteiger partial charge < -0.3 is 4.74 Å². The van der Waals surface area contributed by atoms with Crippen LogP contribution in [0.25, 0.3) is 5.57 Å². The molecule has 0 heterocycles. The highest BCUT2D eigenvalue weighted by Crippen LogP contribution is 2.35. The van der Waals surface area contributed by atoms with Crippen LogP contribution in [0.5, 0.6) is 5.75 Å². The maximum absolute atomic E-state index is 14.8. The Morgan fingerprint density at radius 3 is 2.21 bits per heavy atom. The van der Waals surface area contributed by atoms with E-state index in [1.54, 1.807) is 0 Å². The molecule has 0 amide bonds. The van der Waals surface area contributed by atoms with Gasteiger partial charge in [0.2, 0.25) is 0 Å². The lowest BCUT2D eigenvalue weighted by atomic mass is 9.91. The van der Waals surface area contributed by atoms with Crippen molar-refractivity contribution in [1.29, 1.82) is 0 Å². The number of hydrogen-bond acceptors (Lipinski definition) is 1. The predicted octanol–water partition coefficient (Wildman–Crippen LogP) is 9.02. The molecule has 1 nitrogen and oxygen atoms in total. The number of aryl methyl sites for hydroxylation is 1. The molecular weight excluding hydrogens is 521 g/mol. The van der Waals surface area contributed by atoms with E-state index in [0.29, 0.717) is 6.07 Å². The van der Waals surface area contributed by atoms with Crippen LogP contribution in [0.4, 0.5) is 30.7 Å². The van der Waals surface area contributed by atoms with Crippen LogP contribution in [0.2, 0.25) is 0 Å². The Kier molecular flexibility index (Phi) is 8.49. The third-order valence-corrected chi connectivity index (χ3v) is 6.18. The lowest BCUT2D eigenvalue weighted by molar-refractivity contribution is -0.187. The molecule has 0 saturated carbocycles. The SMILES string of the molecule is CCCCc1ccc(C2=CCC(C#Cc3ccc(C(F)(F)Oc4cc(F)c(F)c(F)c4)c(F)c3)C(F)=C2)cc1. The molecule has 1 aliphatic carbocycles. The summed E-state index contributed by atoms with van der Waals surface area (Å²) in [5.41, 5.74) is 1.60. The smallest absolute Gasteiger partial charge is 0.429 e. The van der Waals surface area contributed by atoms with E-state index in [0.717, 1.165) is 42.5 Å². The number of unbranched alkanes of at least 4 members (excludes halogenated alkanes) is 1. The van der Waals surface area contributed by atoms with Crippen LogP contribution in [-0.2, 0) is 12.5 Å². The Morgan fingerprint density at radius 2 is 1.59 bits per heavy atom. The molecule has 202 valence electrons. The van der Waals surface area contributed by atoms with Crippen LogP contribution >= 0.6 is 0 Å². The van der Waals surface area contributed by atoms with Gasteiger partial charge in [-0.1, -0.05) is 55.5 Å². The summed E-state index contributed by atoms with van der Waals surface area (Å²) in [7, 11) is 0. The minimum absolute atomic E-state index is 0.0103. The number of rotatable bonds is 7. The van der Waals surface area contributed by atoms with Crippen molar-refractivity contribution in [3.05, 3.63) is 118 Å². The van der Waals surface area contributed by atoms with Crippen LogP contribution in [0.1, 0.15) is 48.4 Å². The van der Waals surface area contributed by atoms with Crippen LogP contribution in [0.3, 0.4) is 0 Å². The normalized spacial score (nSPS) is 15.2. The van der Waals surface area contributed by atoms with E-state index < -0.39 is 52.4 Å². The quantitative estimate of drug-likeness (QED) is 0.164. The van der Waals surface area contributed by atoms with Crippen LogP contribution in [-0.4, -0.2) is 0 Å². The van der Waals surface area contributed by atoms with Crippen molar-refractivity contribution in [2.45, 2.75) is 38.7 Å². The highest BCUT2D eigenvalue weighted by atomic mass is 19.3. The number of halogens is 7. The van der Waals surface area contributed by atoms with Crippen LogP contribution in [0, 0.1) is 41.0 Å². The summed E-state index contributed by atoms with van der Waals surface area (Å²) in [5.74, 6) is -3.73. The van der Waals surface area contributed by atoms with Gasteiger partial charge in [-0.15, -0.1) is 0 Å². The average Bonchev–Trinajstić information content (AvgIpc) is 2.89. The highest BCUT2D eigenvalue weighted by Gasteiger charge is 2.38. The van der Waals surface area contributed by atoms with Gasteiger partial charge in [-0.05, 0) is 60.2 Å². The summed E-state index contributed by atoms with van der Waals surface area (Å²) in [6.45, 7) is 2.12. The summed E-state index contributed by atoms with van der Waals surface area (Å²) < 4.78 is 102. The molecule has 8 heteroatoms. The molecule has 0 saturated heterocycles. The molecule has 3 aromatic carbocycles. The van der Waals surface area contributed by atoms with Crippen molar-refractivity contribution >= 4 is 5.57 Å². The van der Waals surface area contributed by atoms with Crippen LogP contribution < -0.4 is 4.74 Å².